The molecule has 0 amide bonds. The van der Waals surface area contributed by atoms with Gasteiger partial charge in [0.25, 0.3) is 0 Å². The molecule has 25 heavy (non-hydrogen) atoms. The third-order valence-corrected chi connectivity index (χ3v) is 4.69. The van der Waals surface area contributed by atoms with E-state index >= 15 is 0 Å². The van der Waals surface area contributed by atoms with Gasteiger partial charge in [0.1, 0.15) is 5.75 Å². The predicted molar refractivity (Wildman–Crippen MR) is 95.6 cm³/mol. The highest BCUT2D eigenvalue weighted by Gasteiger charge is 2.24. The monoisotopic (exact) mass is 340 g/mol. The molecule has 0 radical (unpaired) electrons. The van der Waals surface area contributed by atoms with Gasteiger partial charge >= 0.3 is 5.97 Å². The molecule has 1 fully saturated rings. The number of carboxylic acids is 1. The van der Waals surface area contributed by atoms with Crippen LogP contribution in [0.15, 0.2) is 48.8 Å². The van der Waals surface area contributed by atoms with Gasteiger partial charge < -0.3 is 9.84 Å². The molecule has 1 atom stereocenters. The molecule has 0 aliphatic carbocycles. The van der Waals surface area contributed by atoms with Crippen LogP contribution in [-0.2, 0) is 17.8 Å². The van der Waals surface area contributed by atoms with Gasteiger partial charge in [-0.3, -0.25) is 9.88 Å². The molecule has 132 valence electrons. The number of hydrogen-bond donors (Lipinski definition) is 1. The lowest BCUT2D eigenvalue weighted by molar-refractivity contribution is -0.139. The van der Waals surface area contributed by atoms with Crippen LogP contribution in [0.4, 0.5) is 0 Å². The quantitative estimate of drug-likeness (QED) is 0.800. The van der Waals surface area contributed by atoms with E-state index in [0.717, 1.165) is 19.5 Å². The van der Waals surface area contributed by atoms with Crippen LogP contribution < -0.4 is 4.74 Å². The number of aryl methyl sites for hydroxylation is 1. The van der Waals surface area contributed by atoms with Crippen LogP contribution in [0.3, 0.4) is 0 Å². The van der Waals surface area contributed by atoms with E-state index in [2.05, 4.69) is 22.0 Å². The fourth-order valence-electron chi connectivity index (χ4n) is 3.38. The molecule has 0 spiro atoms. The number of likely N-dealkylation sites (tertiary alicyclic amines) is 1. The molecule has 5 nitrogen and oxygen atoms in total. The van der Waals surface area contributed by atoms with E-state index in [1.54, 1.807) is 0 Å². The molecule has 1 saturated heterocycles. The molecule has 3 rings (SSSR count). The Hall–Kier alpha value is -2.40. The molecule has 2 heterocycles. The molecule has 1 unspecified atom stereocenters. The van der Waals surface area contributed by atoms with Crippen molar-refractivity contribution < 1.29 is 14.6 Å². The summed E-state index contributed by atoms with van der Waals surface area (Å²) in [6.45, 7) is 1.76. The lowest BCUT2D eigenvalue weighted by Gasteiger charge is -2.24. The van der Waals surface area contributed by atoms with Gasteiger partial charge in [0.05, 0.1) is 0 Å². The Kier molecular flexibility index (Phi) is 6.01. The minimum Gasteiger partial charge on any atom is -0.482 e. The largest absolute Gasteiger partial charge is 0.482 e. The second-order valence-electron chi connectivity index (χ2n) is 6.49. The first-order chi connectivity index (χ1) is 12.2. The van der Waals surface area contributed by atoms with E-state index in [1.165, 1.54) is 30.4 Å². The summed E-state index contributed by atoms with van der Waals surface area (Å²) in [5, 5.41) is 8.65. The number of hydrogen-bond acceptors (Lipinski definition) is 4. The van der Waals surface area contributed by atoms with Crippen LogP contribution in [-0.4, -0.2) is 40.2 Å². The van der Waals surface area contributed by atoms with Gasteiger partial charge in [-0.15, -0.1) is 0 Å². The second kappa shape index (κ2) is 8.62. The van der Waals surface area contributed by atoms with Crippen LogP contribution in [0.1, 0.15) is 30.4 Å². The minimum absolute atomic E-state index is 0.303. The van der Waals surface area contributed by atoms with E-state index < -0.39 is 5.97 Å². The smallest absolute Gasteiger partial charge is 0.341 e. The summed E-state index contributed by atoms with van der Waals surface area (Å²) in [6, 6.07) is 12.5. The van der Waals surface area contributed by atoms with Crippen LogP contribution in [0.5, 0.6) is 5.75 Å². The first kappa shape index (κ1) is 17.4. The Morgan fingerprint density at radius 3 is 2.64 bits per heavy atom. The van der Waals surface area contributed by atoms with E-state index in [4.69, 9.17) is 9.84 Å². The van der Waals surface area contributed by atoms with Gasteiger partial charge in [-0.2, -0.15) is 0 Å². The number of rotatable bonds is 8. The number of carboxylic acid groups (broad SMARTS) is 1. The van der Waals surface area contributed by atoms with Crippen molar-refractivity contribution in [2.24, 2.45) is 0 Å². The Morgan fingerprint density at radius 2 is 1.92 bits per heavy atom. The number of nitrogens with zero attached hydrogens (tertiary/aromatic N) is 2. The standard InChI is InChI=1S/C20H24N2O3/c23-20(24)15-25-19-7-4-17(5-8-19)14-22-13-1-2-18(22)6-3-16-9-11-21-12-10-16/h4-5,7-12,18H,1-3,6,13-15H2,(H,23,24). The van der Waals surface area contributed by atoms with Crippen molar-refractivity contribution in [1.82, 2.24) is 9.88 Å². The molecule has 0 saturated carbocycles. The lowest BCUT2D eigenvalue weighted by Crippen LogP contribution is -2.29. The Balaban J connectivity index is 1.51. The number of ether oxygens (including phenoxy) is 1. The molecule has 1 N–H and O–H groups in total. The van der Waals surface area contributed by atoms with E-state index in [-0.39, 0.29) is 6.61 Å². The number of benzene rings is 1. The number of aliphatic carboxylic acids is 1. The Labute approximate surface area is 148 Å². The molecule has 2 aromatic rings. The predicted octanol–water partition coefficient (Wildman–Crippen LogP) is 3.14. The topological polar surface area (TPSA) is 62.7 Å². The van der Waals surface area contributed by atoms with Crippen molar-refractivity contribution >= 4 is 5.97 Å². The molecule has 5 heteroatoms. The summed E-state index contributed by atoms with van der Waals surface area (Å²) in [6.07, 6.45) is 8.48. The maximum absolute atomic E-state index is 10.5. The summed E-state index contributed by atoms with van der Waals surface area (Å²) in [7, 11) is 0. The summed E-state index contributed by atoms with van der Waals surface area (Å²) >= 11 is 0. The normalized spacial score (nSPS) is 17.5. The highest BCUT2D eigenvalue weighted by atomic mass is 16.5. The fourth-order valence-corrected chi connectivity index (χ4v) is 3.38. The maximum Gasteiger partial charge on any atom is 0.341 e. The molecule has 1 aromatic carbocycles. The van der Waals surface area contributed by atoms with Gasteiger partial charge in [-0.05, 0) is 67.6 Å². The van der Waals surface area contributed by atoms with E-state index in [0.29, 0.717) is 11.8 Å². The fraction of sp³-hybridized carbons (Fsp3) is 0.400. The minimum atomic E-state index is -0.960. The molecular formula is C20H24N2O3. The van der Waals surface area contributed by atoms with Gasteiger partial charge in [0.15, 0.2) is 6.61 Å². The van der Waals surface area contributed by atoms with Crippen molar-refractivity contribution in [3.63, 3.8) is 0 Å². The second-order valence-corrected chi connectivity index (χ2v) is 6.49. The third-order valence-electron chi connectivity index (χ3n) is 4.69. The van der Waals surface area contributed by atoms with Gasteiger partial charge in [0.2, 0.25) is 0 Å². The zero-order valence-electron chi connectivity index (χ0n) is 14.3. The average molecular weight is 340 g/mol. The van der Waals surface area contributed by atoms with Crippen molar-refractivity contribution in [2.45, 2.75) is 38.3 Å². The van der Waals surface area contributed by atoms with Crippen molar-refractivity contribution in [1.29, 1.82) is 0 Å². The van der Waals surface area contributed by atoms with E-state index in [1.807, 2.05) is 36.7 Å². The summed E-state index contributed by atoms with van der Waals surface area (Å²) in [5.41, 5.74) is 2.58. The number of aromatic nitrogens is 1. The zero-order valence-corrected chi connectivity index (χ0v) is 14.3. The third kappa shape index (κ3) is 5.29. The van der Waals surface area contributed by atoms with Crippen LogP contribution in [0.2, 0.25) is 0 Å². The summed E-state index contributed by atoms with van der Waals surface area (Å²) in [5.74, 6) is -0.361. The van der Waals surface area contributed by atoms with E-state index in [9.17, 15) is 4.79 Å². The zero-order chi connectivity index (χ0) is 17.5. The highest BCUT2D eigenvalue weighted by molar-refractivity contribution is 5.68. The number of carbonyl (C=O) groups is 1. The van der Waals surface area contributed by atoms with Crippen LogP contribution >= 0.6 is 0 Å². The number of pyridine rings is 1. The summed E-state index contributed by atoms with van der Waals surface area (Å²) < 4.78 is 5.18. The molecule has 1 aromatic heterocycles. The SMILES string of the molecule is O=C(O)COc1ccc(CN2CCCC2CCc2ccncc2)cc1. The first-order valence-corrected chi connectivity index (χ1v) is 8.77. The van der Waals surface area contributed by atoms with Gasteiger partial charge in [-0.1, -0.05) is 12.1 Å². The average Bonchev–Trinajstić information content (AvgIpc) is 3.07. The lowest BCUT2D eigenvalue weighted by atomic mass is 10.0. The van der Waals surface area contributed by atoms with Crippen LogP contribution in [0, 0.1) is 0 Å². The highest BCUT2D eigenvalue weighted by Crippen LogP contribution is 2.24. The first-order valence-electron chi connectivity index (χ1n) is 8.77. The van der Waals surface area contributed by atoms with Crippen molar-refractivity contribution in [2.75, 3.05) is 13.2 Å². The van der Waals surface area contributed by atoms with Crippen LogP contribution in [0.25, 0.3) is 0 Å². The molecule has 1 aliphatic heterocycles. The van der Waals surface area contributed by atoms with Crippen molar-refractivity contribution in [3.05, 3.63) is 59.9 Å². The maximum atomic E-state index is 10.5. The molecule has 0 bridgehead atoms. The Bertz CT molecular complexity index is 673. The summed E-state index contributed by atoms with van der Waals surface area (Å²) in [4.78, 5) is 17.2. The van der Waals surface area contributed by atoms with Crippen molar-refractivity contribution in [3.8, 4) is 5.75 Å². The molecule has 1 aliphatic rings. The molecular weight excluding hydrogens is 316 g/mol. The van der Waals surface area contributed by atoms with Gasteiger partial charge in [0, 0.05) is 25.0 Å². The van der Waals surface area contributed by atoms with Gasteiger partial charge in [-0.25, -0.2) is 4.79 Å². The Morgan fingerprint density at radius 1 is 1.16 bits per heavy atom.